The topological polar surface area (TPSA) is 47.0 Å². The lowest BCUT2D eigenvalue weighted by Gasteiger charge is -2.21. The smallest absolute Gasteiger partial charge is 0.151 e. The molecule has 2 aromatic heterocycles. The Hall–Kier alpha value is -3.92. The second-order valence-corrected chi connectivity index (χ2v) is 7.00. The predicted octanol–water partition coefficient (Wildman–Crippen LogP) is 6.47. The van der Waals surface area contributed by atoms with Crippen LogP contribution in [0, 0.1) is 6.92 Å². The molecule has 0 bridgehead atoms. The Morgan fingerprint density at radius 3 is 2.31 bits per heavy atom. The van der Waals surface area contributed by atoms with Crippen LogP contribution in [0.1, 0.15) is 16.7 Å². The fraction of sp³-hybridized carbons (Fsp3) is 0.0400. The summed E-state index contributed by atoms with van der Waals surface area (Å²) in [6, 6.07) is 22.2. The molecule has 0 atom stereocenters. The lowest BCUT2D eigenvalue weighted by molar-refractivity contribution is 0.481. The highest BCUT2D eigenvalue weighted by Gasteiger charge is 2.15. The van der Waals surface area contributed by atoms with Crippen LogP contribution in [0.2, 0.25) is 0 Å². The summed E-state index contributed by atoms with van der Waals surface area (Å²) < 4.78 is 6.04. The van der Waals surface area contributed by atoms with Crippen LogP contribution in [-0.2, 0) is 0 Å². The van der Waals surface area contributed by atoms with Gasteiger partial charge in [0, 0.05) is 12.4 Å². The second kappa shape index (κ2) is 7.24. The maximum atomic E-state index is 6.04. The average molecular weight is 377 g/mol. The third kappa shape index (κ3) is 3.60. The Bertz CT molecular complexity index is 1230. The highest BCUT2D eigenvalue weighted by molar-refractivity contribution is 5.79. The van der Waals surface area contributed by atoms with Gasteiger partial charge in [-0.3, -0.25) is 9.97 Å². The molecule has 5 rings (SSSR count). The highest BCUT2D eigenvalue weighted by Crippen LogP contribution is 2.42. The number of benzene rings is 2. The SMILES string of the molecule is Cc1ccnc(-c2cc(/C=C/c3ccc4c(c3)Oc3ccccc3N4)ccn2)c1. The zero-order chi connectivity index (χ0) is 19.6. The number of hydrogen-bond donors (Lipinski definition) is 1. The molecule has 0 aliphatic carbocycles. The molecule has 0 fully saturated rings. The first kappa shape index (κ1) is 17.2. The second-order valence-electron chi connectivity index (χ2n) is 7.00. The van der Waals surface area contributed by atoms with E-state index in [4.69, 9.17) is 4.74 Å². The van der Waals surface area contributed by atoms with Gasteiger partial charge < -0.3 is 10.1 Å². The van der Waals surface area contributed by atoms with Gasteiger partial charge >= 0.3 is 0 Å². The van der Waals surface area contributed by atoms with Crippen molar-refractivity contribution >= 4 is 23.5 Å². The zero-order valence-electron chi connectivity index (χ0n) is 16.0. The molecule has 4 aromatic rings. The number of ether oxygens (including phenoxy) is 1. The number of pyridine rings is 2. The molecule has 0 amide bonds. The maximum Gasteiger partial charge on any atom is 0.151 e. The molecule has 4 nitrogen and oxygen atoms in total. The summed E-state index contributed by atoms with van der Waals surface area (Å²) >= 11 is 0. The van der Waals surface area contributed by atoms with Gasteiger partial charge in [-0.15, -0.1) is 0 Å². The number of nitrogens with one attached hydrogen (secondary N) is 1. The summed E-state index contributed by atoms with van der Waals surface area (Å²) in [4.78, 5) is 8.89. The number of anilines is 2. The monoisotopic (exact) mass is 377 g/mol. The van der Waals surface area contributed by atoms with Crippen LogP contribution < -0.4 is 10.1 Å². The van der Waals surface area contributed by atoms with Crippen molar-refractivity contribution in [1.82, 2.24) is 9.97 Å². The number of aromatic nitrogens is 2. The minimum atomic E-state index is 0.824. The Kier molecular flexibility index (Phi) is 4.30. The van der Waals surface area contributed by atoms with E-state index in [1.54, 1.807) is 0 Å². The summed E-state index contributed by atoms with van der Waals surface area (Å²) in [6.07, 6.45) is 7.78. The third-order valence-electron chi connectivity index (χ3n) is 4.81. The minimum absolute atomic E-state index is 0.824. The van der Waals surface area contributed by atoms with Gasteiger partial charge in [0.1, 0.15) is 0 Å². The Morgan fingerprint density at radius 2 is 1.45 bits per heavy atom. The van der Waals surface area contributed by atoms with E-state index in [-0.39, 0.29) is 0 Å². The first-order valence-electron chi connectivity index (χ1n) is 9.50. The van der Waals surface area contributed by atoms with Gasteiger partial charge in [0.15, 0.2) is 11.5 Å². The summed E-state index contributed by atoms with van der Waals surface area (Å²) in [5, 5.41) is 3.41. The fourth-order valence-electron chi connectivity index (χ4n) is 3.31. The number of hydrogen-bond acceptors (Lipinski definition) is 4. The largest absolute Gasteiger partial charge is 0.453 e. The van der Waals surface area contributed by atoms with Crippen LogP contribution in [0.25, 0.3) is 23.5 Å². The standard InChI is InChI=1S/C25H19N3O/c1-17-10-12-26-22(14-17)23-15-19(11-13-27-23)7-6-18-8-9-21-25(16-18)29-24-5-3-2-4-20(24)28-21/h2-16,28H,1H3/b7-6+. The Balaban J connectivity index is 1.40. The van der Waals surface area contributed by atoms with Crippen molar-refractivity contribution < 1.29 is 4.74 Å². The zero-order valence-corrected chi connectivity index (χ0v) is 16.0. The van der Waals surface area contributed by atoms with E-state index in [0.717, 1.165) is 45.4 Å². The number of para-hydroxylation sites is 2. The van der Waals surface area contributed by atoms with E-state index in [1.165, 1.54) is 5.56 Å². The van der Waals surface area contributed by atoms with E-state index >= 15 is 0 Å². The lowest BCUT2D eigenvalue weighted by Crippen LogP contribution is -2.02. The summed E-state index contributed by atoms with van der Waals surface area (Å²) in [6.45, 7) is 2.06. The van der Waals surface area contributed by atoms with Crippen molar-refractivity contribution in [2.75, 3.05) is 5.32 Å². The number of nitrogens with zero attached hydrogens (tertiary/aromatic N) is 2. The van der Waals surface area contributed by atoms with E-state index in [9.17, 15) is 0 Å². The van der Waals surface area contributed by atoms with Crippen molar-refractivity contribution in [2.24, 2.45) is 0 Å². The summed E-state index contributed by atoms with van der Waals surface area (Å²) in [5.41, 5.74) is 7.01. The maximum absolute atomic E-state index is 6.04. The molecule has 140 valence electrons. The molecule has 1 aliphatic rings. The normalized spacial score (nSPS) is 12.0. The molecule has 0 saturated carbocycles. The van der Waals surface area contributed by atoms with Gasteiger partial charge in [-0.1, -0.05) is 30.4 Å². The van der Waals surface area contributed by atoms with Crippen LogP contribution in [-0.4, -0.2) is 9.97 Å². The quantitative estimate of drug-likeness (QED) is 0.391. The van der Waals surface area contributed by atoms with Crippen LogP contribution in [0.15, 0.2) is 79.1 Å². The van der Waals surface area contributed by atoms with Crippen LogP contribution in [0.3, 0.4) is 0 Å². The third-order valence-corrected chi connectivity index (χ3v) is 4.81. The molecule has 0 spiro atoms. The molecule has 2 aromatic carbocycles. The molecule has 0 unspecified atom stereocenters. The van der Waals surface area contributed by atoms with Crippen molar-refractivity contribution in [2.45, 2.75) is 6.92 Å². The summed E-state index contributed by atoms with van der Waals surface area (Å²) in [5.74, 6) is 1.66. The minimum Gasteiger partial charge on any atom is -0.453 e. The van der Waals surface area contributed by atoms with Crippen LogP contribution >= 0.6 is 0 Å². The van der Waals surface area contributed by atoms with Gasteiger partial charge in [-0.25, -0.2) is 0 Å². The predicted molar refractivity (Wildman–Crippen MR) is 117 cm³/mol. The number of fused-ring (bicyclic) bond motifs is 2. The van der Waals surface area contributed by atoms with Gasteiger partial charge in [0.2, 0.25) is 0 Å². The number of rotatable bonds is 3. The molecule has 1 aliphatic heterocycles. The molecule has 1 N–H and O–H groups in total. The molecule has 29 heavy (non-hydrogen) atoms. The van der Waals surface area contributed by atoms with Crippen LogP contribution in [0.5, 0.6) is 11.5 Å². The van der Waals surface area contributed by atoms with Gasteiger partial charge in [-0.2, -0.15) is 0 Å². The molecular formula is C25H19N3O. The molecule has 0 saturated heterocycles. The van der Waals surface area contributed by atoms with Gasteiger partial charge in [0.05, 0.1) is 22.8 Å². The van der Waals surface area contributed by atoms with Crippen molar-refractivity contribution in [3.63, 3.8) is 0 Å². The highest BCUT2D eigenvalue weighted by atomic mass is 16.5. The van der Waals surface area contributed by atoms with E-state index < -0.39 is 0 Å². The van der Waals surface area contributed by atoms with Crippen molar-refractivity contribution in [3.05, 3.63) is 95.8 Å². The van der Waals surface area contributed by atoms with Crippen molar-refractivity contribution in [1.29, 1.82) is 0 Å². The van der Waals surface area contributed by atoms with E-state index in [0.29, 0.717) is 0 Å². The van der Waals surface area contributed by atoms with Crippen LogP contribution in [0.4, 0.5) is 11.4 Å². The van der Waals surface area contributed by atoms with E-state index in [2.05, 4.69) is 40.4 Å². The average Bonchev–Trinajstić information content (AvgIpc) is 2.76. The first-order valence-corrected chi connectivity index (χ1v) is 9.50. The molecule has 0 radical (unpaired) electrons. The first-order chi connectivity index (χ1) is 14.2. The van der Waals surface area contributed by atoms with Gasteiger partial charge in [0.25, 0.3) is 0 Å². The Labute approximate surface area is 169 Å². The molecule has 3 heterocycles. The molecule has 4 heteroatoms. The number of aryl methyl sites for hydroxylation is 1. The van der Waals surface area contributed by atoms with Gasteiger partial charge in [-0.05, 0) is 72.1 Å². The Morgan fingerprint density at radius 1 is 0.724 bits per heavy atom. The fourth-order valence-corrected chi connectivity index (χ4v) is 3.31. The van der Waals surface area contributed by atoms with Crippen molar-refractivity contribution in [3.8, 4) is 22.9 Å². The summed E-state index contributed by atoms with van der Waals surface area (Å²) in [7, 11) is 0. The van der Waals surface area contributed by atoms with E-state index in [1.807, 2.05) is 73.1 Å². The molecular weight excluding hydrogens is 358 g/mol. The lowest BCUT2D eigenvalue weighted by atomic mass is 10.1.